The Labute approximate surface area is 160 Å². The number of hydrogen-bond donors (Lipinski definition) is 2. The topological polar surface area (TPSA) is 58.3 Å². The monoisotopic (exact) mass is 364 g/mol. The van der Waals surface area contributed by atoms with E-state index in [0.29, 0.717) is 12.4 Å². The van der Waals surface area contributed by atoms with Crippen LogP contribution >= 0.6 is 0 Å². The molecule has 1 unspecified atom stereocenters. The van der Waals surface area contributed by atoms with Gasteiger partial charge in [-0.3, -0.25) is 0 Å². The Morgan fingerprint density at radius 1 is 1.07 bits per heavy atom. The molecule has 4 bridgehead atoms. The van der Waals surface area contributed by atoms with E-state index in [4.69, 9.17) is 4.42 Å². The summed E-state index contributed by atoms with van der Waals surface area (Å²) < 4.78 is 6.31. The van der Waals surface area contributed by atoms with Crippen LogP contribution in [0.5, 0.6) is 0 Å². The smallest absolute Gasteiger partial charge is 0.299 e. The maximum atomic E-state index is 10.1. The minimum atomic E-state index is -0.243. The molecule has 4 saturated carbocycles. The molecule has 0 saturated heterocycles. The fourth-order valence-corrected chi connectivity index (χ4v) is 6.99. The molecule has 4 fully saturated rings. The van der Waals surface area contributed by atoms with Crippen molar-refractivity contribution in [1.82, 2.24) is 4.98 Å². The van der Waals surface area contributed by atoms with Gasteiger partial charge in [-0.2, -0.15) is 0 Å². The van der Waals surface area contributed by atoms with E-state index in [-0.39, 0.29) is 11.5 Å². The lowest BCUT2D eigenvalue weighted by molar-refractivity contribution is -0.0148. The predicted octanol–water partition coefficient (Wildman–Crippen LogP) is 4.74. The van der Waals surface area contributed by atoms with E-state index in [1.807, 2.05) is 6.20 Å². The Hall–Kier alpha value is -1.81. The molecular formula is C23H28N2O2. The quantitative estimate of drug-likeness (QED) is 0.826. The van der Waals surface area contributed by atoms with Gasteiger partial charge in [0.15, 0.2) is 0 Å². The molecule has 1 aromatic carbocycles. The highest BCUT2D eigenvalue weighted by atomic mass is 16.4. The van der Waals surface area contributed by atoms with Gasteiger partial charge in [0.05, 0.1) is 12.3 Å². The number of aliphatic hydroxyl groups is 1. The summed E-state index contributed by atoms with van der Waals surface area (Å²) in [4.78, 5) is 4.60. The van der Waals surface area contributed by atoms with E-state index in [0.717, 1.165) is 42.0 Å². The zero-order chi connectivity index (χ0) is 18.0. The molecule has 0 spiro atoms. The number of aromatic nitrogens is 1. The molecule has 2 aromatic rings. The minimum Gasteiger partial charge on any atom is -0.428 e. The molecule has 142 valence electrons. The summed E-state index contributed by atoms with van der Waals surface area (Å²) in [6.45, 7) is 0. The fourth-order valence-electron chi connectivity index (χ4n) is 6.99. The second-order valence-corrected chi connectivity index (χ2v) is 9.69. The number of rotatable bonds is 3. The lowest BCUT2D eigenvalue weighted by atomic mass is 9.49. The van der Waals surface area contributed by atoms with Gasteiger partial charge in [-0.05, 0) is 86.3 Å². The Balaban J connectivity index is 1.28. The molecule has 1 heterocycles. The molecule has 0 amide bonds. The standard InChI is InChI=1S/C23H28N2O2/c26-18-5-4-17-2-1-3-20(19(17)9-18)25-22-24-13-21(27-22)23-10-14-6-15(11-23)8-16(7-14)12-23/h1-3,13-16,18,26H,4-12H2,(H,24,25). The third-order valence-corrected chi connectivity index (χ3v) is 7.77. The highest BCUT2D eigenvalue weighted by molar-refractivity contribution is 5.61. The Morgan fingerprint density at radius 3 is 2.56 bits per heavy atom. The van der Waals surface area contributed by atoms with Gasteiger partial charge in [-0.25, -0.2) is 4.98 Å². The summed E-state index contributed by atoms with van der Waals surface area (Å²) in [5.74, 6) is 3.81. The van der Waals surface area contributed by atoms with Crippen molar-refractivity contribution in [1.29, 1.82) is 0 Å². The number of nitrogens with zero attached hydrogens (tertiary/aromatic N) is 1. The molecule has 5 aliphatic rings. The highest BCUT2D eigenvalue weighted by Crippen LogP contribution is 2.60. The van der Waals surface area contributed by atoms with Crippen molar-refractivity contribution in [2.45, 2.75) is 69.3 Å². The van der Waals surface area contributed by atoms with Crippen molar-refractivity contribution in [3.63, 3.8) is 0 Å². The van der Waals surface area contributed by atoms with E-state index in [1.165, 1.54) is 49.7 Å². The SMILES string of the molecule is OC1CCc2cccc(Nc3ncc(C45CC6CC(CC(C6)C4)C5)o3)c2C1. The molecule has 0 aliphatic heterocycles. The number of aryl methyl sites for hydroxylation is 1. The lowest BCUT2D eigenvalue weighted by Crippen LogP contribution is -2.48. The molecule has 7 rings (SSSR count). The third kappa shape index (κ3) is 2.64. The van der Waals surface area contributed by atoms with Gasteiger partial charge in [0.1, 0.15) is 5.76 Å². The largest absolute Gasteiger partial charge is 0.428 e. The number of aliphatic hydroxyl groups excluding tert-OH is 1. The van der Waals surface area contributed by atoms with Gasteiger partial charge in [-0.1, -0.05) is 12.1 Å². The van der Waals surface area contributed by atoms with Gasteiger partial charge in [0.25, 0.3) is 6.01 Å². The second kappa shape index (κ2) is 5.84. The molecule has 4 nitrogen and oxygen atoms in total. The Morgan fingerprint density at radius 2 is 1.81 bits per heavy atom. The Kier molecular flexibility index (Phi) is 3.50. The highest BCUT2D eigenvalue weighted by Gasteiger charge is 2.53. The second-order valence-electron chi connectivity index (χ2n) is 9.69. The summed E-state index contributed by atoms with van der Waals surface area (Å²) in [5, 5.41) is 13.5. The van der Waals surface area contributed by atoms with E-state index in [1.54, 1.807) is 0 Å². The van der Waals surface area contributed by atoms with Crippen LogP contribution in [0, 0.1) is 17.8 Å². The molecule has 4 heteroatoms. The first-order chi connectivity index (χ1) is 13.2. The van der Waals surface area contributed by atoms with E-state index < -0.39 is 0 Å². The number of anilines is 2. The Bertz CT molecular complexity index is 836. The molecular weight excluding hydrogens is 336 g/mol. The van der Waals surface area contributed by atoms with Gasteiger partial charge < -0.3 is 14.8 Å². The number of nitrogens with one attached hydrogen (secondary N) is 1. The van der Waals surface area contributed by atoms with Crippen LogP contribution in [0.25, 0.3) is 0 Å². The van der Waals surface area contributed by atoms with Crippen molar-refractivity contribution in [2.24, 2.45) is 17.8 Å². The van der Waals surface area contributed by atoms with Crippen molar-refractivity contribution in [3.8, 4) is 0 Å². The zero-order valence-corrected chi connectivity index (χ0v) is 15.8. The lowest BCUT2D eigenvalue weighted by Gasteiger charge is -2.55. The molecule has 5 aliphatic carbocycles. The zero-order valence-electron chi connectivity index (χ0n) is 15.8. The number of fused-ring (bicyclic) bond motifs is 1. The van der Waals surface area contributed by atoms with Gasteiger partial charge in [0.2, 0.25) is 0 Å². The number of benzene rings is 1. The first-order valence-electron chi connectivity index (χ1n) is 10.7. The number of oxazole rings is 1. The van der Waals surface area contributed by atoms with Crippen LogP contribution in [0.1, 0.15) is 61.8 Å². The summed E-state index contributed by atoms with van der Waals surface area (Å²) in [6, 6.07) is 6.94. The van der Waals surface area contributed by atoms with E-state index in [9.17, 15) is 5.11 Å². The molecule has 2 N–H and O–H groups in total. The molecule has 0 radical (unpaired) electrons. The molecule has 1 atom stereocenters. The fraction of sp³-hybridized carbons (Fsp3) is 0.609. The van der Waals surface area contributed by atoms with Crippen LogP contribution in [-0.2, 0) is 18.3 Å². The maximum absolute atomic E-state index is 10.1. The summed E-state index contributed by atoms with van der Waals surface area (Å²) in [7, 11) is 0. The normalized spacial score (nSPS) is 36.6. The first-order valence-corrected chi connectivity index (χ1v) is 10.7. The van der Waals surface area contributed by atoms with Crippen LogP contribution in [0.3, 0.4) is 0 Å². The van der Waals surface area contributed by atoms with Crippen LogP contribution in [0.15, 0.2) is 28.8 Å². The predicted molar refractivity (Wildman–Crippen MR) is 104 cm³/mol. The van der Waals surface area contributed by atoms with Crippen LogP contribution < -0.4 is 5.32 Å². The summed E-state index contributed by atoms with van der Waals surface area (Å²) >= 11 is 0. The third-order valence-electron chi connectivity index (χ3n) is 7.77. The summed E-state index contributed by atoms with van der Waals surface area (Å²) in [6.07, 6.45) is 12.4. The van der Waals surface area contributed by atoms with Crippen molar-refractivity contribution >= 4 is 11.7 Å². The van der Waals surface area contributed by atoms with E-state index >= 15 is 0 Å². The van der Waals surface area contributed by atoms with Gasteiger partial charge in [-0.15, -0.1) is 0 Å². The first kappa shape index (κ1) is 16.2. The molecule has 1 aromatic heterocycles. The molecule has 27 heavy (non-hydrogen) atoms. The van der Waals surface area contributed by atoms with Crippen molar-refractivity contribution < 1.29 is 9.52 Å². The maximum Gasteiger partial charge on any atom is 0.299 e. The van der Waals surface area contributed by atoms with Crippen molar-refractivity contribution in [3.05, 3.63) is 41.3 Å². The van der Waals surface area contributed by atoms with Crippen LogP contribution in [0.2, 0.25) is 0 Å². The van der Waals surface area contributed by atoms with Gasteiger partial charge in [0, 0.05) is 17.5 Å². The van der Waals surface area contributed by atoms with E-state index in [2.05, 4.69) is 28.5 Å². The van der Waals surface area contributed by atoms with Crippen LogP contribution in [0.4, 0.5) is 11.7 Å². The van der Waals surface area contributed by atoms with Crippen LogP contribution in [-0.4, -0.2) is 16.2 Å². The number of hydrogen-bond acceptors (Lipinski definition) is 4. The summed E-state index contributed by atoms with van der Waals surface area (Å²) in [5.41, 5.74) is 3.82. The van der Waals surface area contributed by atoms with Crippen molar-refractivity contribution in [2.75, 3.05) is 5.32 Å². The van der Waals surface area contributed by atoms with Gasteiger partial charge >= 0.3 is 0 Å². The minimum absolute atomic E-state index is 0.243. The average molecular weight is 364 g/mol. The average Bonchev–Trinajstić information content (AvgIpc) is 3.11.